The Morgan fingerprint density at radius 2 is 1.86 bits per heavy atom. The number of benzene rings is 2. The summed E-state index contributed by atoms with van der Waals surface area (Å²) in [6.07, 6.45) is 0. The zero-order valence-corrected chi connectivity index (χ0v) is 12.3. The number of hydrogen-bond donors (Lipinski definition) is 1. The van der Waals surface area contributed by atoms with E-state index < -0.39 is 0 Å². The maximum atomic E-state index is 6.10. The highest BCUT2D eigenvalue weighted by Gasteiger charge is 2.11. The largest absolute Gasteiger partial charge is 0.484 e. The minimum Gasteiger partial charge on any atom is -0.484 e. The highest BCUT2D eigenvalue weighted by molar-refractivity contribution is 6.32. The van der Waals surface area contributed by atoms with Gasteiger partial charge in [0.15, 0.2) is 0 Å². The van der Waals surface area contributed by atoms with Crippen LogP contribution in [0.15, 0.2) is 48.5 Å². The van der Waals surface area contributed by atoms with E-state index in [1.54, 1.807) is 6.07 Å². The Morgan fingerprint density at radius 1 is 1.10 bits per heavy atom. The Kier molecular flexibility index (Phi) is 4.08. The van der Waals surface area contributed by atoms with E-state index >= 15 is 0 Å². The first kappa shape index (κ1) is 13.9. The molecule has 0 spiro atoms. The average Bonchev–Trinajstić information content (AvgIpc) is 2.85. The number of nitrogens with two attached hydrogens (primary N) is 1. The number of imidazole rings is 1. The van der Waals surface area contributed by atoms with Gasteiger partial charge in [0.2, 0.25) is 0 Å². The smallest absolute Gasteiger partial charge is 0.148 e. The van der Waals surface area contributed by atoms with E-state index in [9.17, 15) is 0 Å². The first-order valence-corrected chi connectivity index (χ1v) is 7.19. The van der Waals surface area contributed by atoms with E-state index in [4.69, 9.17) is 22.1 Å². The van der Waals surface area contributed by atoms with Crippen LogP contribution in [0.1, 0.15) is 5.82 Å². The van der Waals surface area contributed by atoms with Crippen molar-refractivity contribution >= 4 is 22.6 Å². The Morgan fingerprint density at radius 3 is 2.67 bits per heavy atom. The van der Waals surface area contributed by atoms with Gasteiger partial charge in [0.1, 0.15) is 18.2 Å². The van der Waals surface area contributed by atoms with Crippen LogP contribution in [0.25, 0.3) is 11.0 Å². The van der Waals surface area contributed by atoms with Crippen LogP contribution >= 0.6 is 11.6 Å². The second kappa shape index (κ2) is 6.16. The van der Waals surface area contributed by atoms with Gasteiger partial charge in [-0.3, -0.25) is 0 Å². The van der Waals surface area contributed by atoms with Crippen LogP contribution in [-0.4, -0.2) is 16.1 Å². The molecular weight excluding hydrogens is 286 g/mol. The lowest BCUT2D eigenvalue weighted by molar-refractivity contribution is 0.290. The summed E-state index contributed by atoms with van der Waals surface area (Å²) in [5.74, 6) is 1.51. The molecule has 5 heteroatoms. The van der Waals surface area contributed by atoms with E-state index in [0.29, 0.717) is 30.5 Å². The molecule has 4 nitrogen and oxygen atoms in total. The monoisotopic (exact) mass is 301 g/mol. The standard InChI is InChI=1S/C16H16ClN3O/c17-12-5-1-4-8-15(12)21-11-16-19-13-6-2-3-7-14(13)20(16)10-9-18/h1-8H,9-11,18H2. The van der Waals surface area contributed by atoms with E-state index in [-0.39, 0.29) is 0 Å². The van der Waals surface area contributed by atoms with Crippen molar-refractivity contribution in [1.29, 1.82) is 0 Å². The molecule has 0 fully saturated rings. The number of hydrogen-bond acceptors (Lipinski definition) is 3. The van der Waals surface area contributed by atoms with E-state index in [0.717, 1.165) is 16.9 Å². The molecule has 0 radical (unpaired) electrons. The lowest BCUT2D eigenvalue weighted by atomic mass is 10.3. The molecule has 0 aliphatic carbocycles. The first-order chi connectivity index (χ1) is 10.3. The highest BCUT2D eigenvalue weighted by atomic mass is 35.5. The van der Waals surface area contributed by atoms with Crippen LogP contribution in [-0.2, 0) is 13.2 Å². The molecule has 1 aromatic heterocycles. The van der Waals surface area contributed by atoms with Gasteiger partial charge in [0.05, 0.1) is 16.1 Å². The van der Waals surface area contributed by atoms with Gasteiger partial charge in [-0.2, -0.15) is 0 Å². The zero-order chi connectivity index (χ0) is 14.7. The third-order valence-electron chi connectivity index (χ3n) is 3.28. The van der Waals surface area contributed by atoms with Crippen molar-refractivity contribution < 1.29 is 4.74 Å². The van der Waals surface area contributed by atoms with Gasteiger partial charge in [0.25, 0.3) is 0 Å². The average molecular weight is 302 g/mol. The van der Waals surface area contributed by atoms with Gasteiger partial charge in [-0.15, -0.1) is 0 Å². The fourth-order valence-corrected chi connectivity index (χ4v) is 2.51. The molecule has 0 amide bonds. The van der Waals surface area contributed by atoms with Crippen LogP contribution in [0.2, 0.25) is 5.02 Å². The van der Waals surface area contributed by atoms with Gasteiger partial charge >= 0.3 is 0 Å². The molecule has 108 valence electrons. The zero-order valence-electron chi connectivity index (χ0n) is 11.5. The molecule has 0 saturated carbocycles. The molecule has 0 bridgehead atoms. The molecule has 0 atom stereocenters. The number of aromatic nitrogens is 2. The quantitative estimate of drug-likeness (QED) is 0.787. The molecule has 1 heterocycles. The summed E-state index contributed by atoms with van der Waals surface area (Å²) in [5, 5.41) is 0.596. The molecule has 3 aromatic rings. The molecule has 0 aliphatic rings. The van der Waals surface area contributed by atoms with E-state index in [1.807, 2.05) is 42.5 Å². The summed E-state index contributed by atoms with van der Waals surface area (Å²) in [6.45, 7) is 1.62. The first-order valence-electron chi connectivity index (χ1n) is 6.81. The third kappa shape index (κ3) is 2.86. The molecular formula is C16H16ClN3O. The number of nitrogens with zero attached hydrogens (tertiary/aromatic N) is 2. The molecule has 3 rings (SSSR count). The second-order valence-electron chi connectivity index (χ2n) is 4.68. The number of halogens is 1. The number of rotatable bonds is 5. The van der Waals surface area contributed by atoms with Crippen molar-refractivity contribution in [2.24, 2.45) is 5.73 Å². The Hall–Kier alpha value is -2.04. The van der Waals surface area contributed by atoms with Crippen molar-refractivity contribution in [1.82, 2.24) is 9.55 Å². The number of ether oxygens (including phenoxy) is 1. The fraction of sp³-hybridized carbons (Fsp3) is 0.188. The maximum Gasteiger partial charge on any atom is 0.148 e. The van der Waals surface area contributed by atoms with Crippen LogP contribution < -0.4 is 10.5 Å². The molecule has 21 heavy (non-hydrogen) atoms. The molecule has 2 aromatic carbocycles. The lowest BCUT2D eigenvalue weighted by Crippen LogP contribution is -2.14. The van der Waals surface area contributed by atoms with Crippen molar-refractivity contribution in [2.45, 2.75) is 13.2 Å². The van der Waals surface area contributed by atoms with Crippen molar-refractivity contribution in [2.75, 3.05) is 6.54 Å². The topological polar surface area (TPSA) is 53.1 Å². The molecule has 0 saturated heterocycles. The summed E-state index contributed by atoms with van der Waals surface area (Å²) in [7, 11) is 0. The van der Waals surface area contributed by atoms with E-state index in [2.05, 4.69) is 9.55 Å². The predicted octanol–water partition coefficient (Wildman–Crippen LogP) is 3.23. The summed E-state index contributed by atoms with van der Waals surface area (Å²) in [6, 6.07) is 15.4. The maximum absolute atomic E-state index is 6.10. The molecule has 0 unspecified atom stereocenters. The Balaban J connectivity index is 1.89. The summed E-state index contributed by atoms with van der Waals surface area (Å²) in [4.78, 5) is 4.62. The highest BCUT2D eigenvalue weighted by Crippen LogP contribution is 2.24. The molecule has 2 N–H and O–H groups in total. The minimum atomic E-state index is 0.360. The predicted molar refractivity (Wildman–Crippen MR) is 84.6 cm³/mol. The van der Waals surface area contributed by atoms with Gasteiger partial charge < -0.3 is 15.0 Å². The van der Waals surface area contributed by atoms with Crippen LogP contribution in [0, 0.1) is 0 Å². The third-order valence-corrected chi connectivity index (χ3v) is 3.59. The molecule has 0 aliphatic heterocycles. The van der Waals surface area contributed by atoms with Crippen molar-refractivity contribution in [3.8, 4) is 5.75 Å². The Labute approximate surface area is 128 Å². The number of fused-ring (bicyclic) bond motifs is 1. The van der Waals surface area contributed by atoms with Crippen molar-refractivity contribution in [3.05, 3.63) is 59.4 Å². The summed E-state index contributed by atoms with van der Waals surface area (Å²) in [5.41, 5.74) is 7.72. The van der Waals surface area contributed by atoms with Crippen LogP contribution in [0.4, 0.5) is 0 Å². The van der Waals surface area contributed by atoms with Gasteiger partial charge in [-0.25, -0.2) is 4.98 Å². The SMILES string of the molecule is NCCn1c(COc2ccccc2Cl)nc2ccccc21. The lowest BCUT2D eigenvalue weighted by Gasteiger charge is -2.10. The number of para-hydroxylation sites is 3. The van der Waals surface area contributed by atoms with Gasteiger partial charge in [-0.1, -0.05) is 35.9 Å². The normalized spacial score (nSPS) is 11.0. The van der Waals surface area contributed by atoms with Crippen LogP contribution in [0.3, 0.4) is 0 Å². The van der Waals surface area contributed by atoms with Crippen molar-refractivity contribution in [3.63, 3.8) is 0 Å². The summed E-state index contributed by atoms with van der Waals surface area (Å²) >= 11 is 6.10. The van der Waals surface area contributed by atoms with E-state index in [1.165, 1.54) is 0 Å². The second-order valence-corrected chi connectivity index (χ2v) is 5.08. The Bertz CT molecular complexity index is 754. The minimum absolute atomic E-state index is 0.360. The fourth-order valence-electron chi connectivity index (χ4n) is 2.32. The van der Waals surface area contributed by atoms with Gasteiger partial charge in [-0.05, 0) is 24.3 Å². The van der Waals surface area contributed by atoms with Gasteiger partial charge in [0, 0.05) is 13.1 Å². The summed E-state index contributed by atoms with van der Waals surface area (Å²) < 4.78 is 7.87. The van der Waals surface area contributed by atoms with Crippen LogP contribution in [0.5, 0.6) is 5.75 Å².